The van der Waals surface area contributed by atoms with E-state index in [1.165, 1.54) is 60.4 Å². The van der Waals surface area contributed by atoms with Gasteiger partial charge in [-0.1, -0.05) is 148 Å². The number of nitriles is 1. The molecular weight excluding hydrogens is 729 g/mol. The standard InChI is InChI=1S/C56H48N4/c1-3-38-28-40-27-37(2)33-56(34-38,35-40)52-25-23-46(24-26-52)54-58-53(45-20-17-43(18-21-45)41-9-5-4-6-10-41)59-55(60-54)51-31-49(44-15-13-39(36-57)14-16-44)30-50(32-51)48-22-19-42-11-7-8-12-47(42)29-48/h4-26,29-32,37-38,40H,3,27-28,33-35H2,1-2H3/t37-,38?,40-,56?/m0/s1. The Morgan fingerprint density at radius 2 is 1.03 bits per heavy atom. The van der Waals surface area contributed by atoms with Gasteiger partial charge in [0.15, 0.2) is 17.5 Å². The second-order valence-electron chi connectivity index (χ2n) is 17.5. The molecule has 4 nitrogen and oxygen atoms in total. The maximum Gasteiger partial charge on any atom is 0.164 e. The van der Waals surface area contributed by atoms with Crippen LogP contribution in [0.25, 0.3) is 78.3 Å². The van der Waals surface area contributed by atoms with Gasteiger partial charge in [-0.15, -0.1) is 0 Å². The first-order valence-electron chi connectivity index (χ1n) is 21.6. The molecule has 2 aliphatic rings. The molecule has 10 rings (SSSR count). The number of aromatic nitrogens is 3. The normalized spacial score (nSPS) is 19.8. The lowest BCUT2D eigenvalue weighted by Crippen LogP contribution is -2.42. The third kappa shape index (κ3) is 7.42. The Kier molecular flexibility index (Phi) is 9.90. The highest BCUT2D eigenvalue weighted by Gasteiger charge is 2.45. The first kappa shape index (κ1) is 37.6. The summed E-state index contributed by atoms with van der Waals surface area (Å²) in [5, 5.41) is 11.9. The average molecular weight is 777 g/mol. The minimum Gasteiger partial charge on any atom is -0.208 e. The van der Waals surface area contributed by atoms with Crippen LogP contribution in [0.15, 0.2) is 164 Å². The summed E-state index contributed by atoms with van der Waals surface area (Å²) in [5.41, 5.74) is 11.7. The molecule has 0 saturated heterocycles. The summed E-state index contributed by atoms with van der Waals surface area (Å²) in [4.78, 5) is 15.7. The summed E-state index contributed by atoms with van der Waals surface area (Å²) < 4.78 is 0. The second kappa shape index (κ2) is 15.8. The zero-order valence-electron chi connectivity index (χ0n) is 34.4. The van der Waals surface area contributed by atoms with E-state index >= 15 is 0 Å². The van der Waals surface area contributed by atoms with Crippen molar-refractivity contribution in [2.45, 2.75) is 57.8 Å². The fourth-order valence-electron chi connectivity index (χ4n) is 10.5. The van der Waals surface area contributed by atoms with Gasteiger partial charge in [0.2, 0.25) is 0 Å². The van der Waals surface area contributed by atoms with Crippen molar-refractivity contribution in [1.29, 1.82) is 5.26 Å². The van der Waals surface area contributed by atoms with Crippen LogP contribution in [0.4, 0.5) is 0 Å². The molecule has 2 aliphatic carbocycles. The summed E-state index contributed by atoms with van der Waals surface area (Å²) in [6.07, 6.45) is 7.89. The number of benzene rings is 7. The Bertz CT molecular complexity index is 2850. The minimum absolute atomic E-state index is 0.251. The van der Waals surface area contributed by atoms with Crippen LogP contribution in [0, 0.1) is 29.1 Å². The maximum atomic E-state index is 9.56. The maximum absolute atomic E-state index is 9.56. The first-order valence-corrected chi connectivity index (χ1v) is 21.6. The predicted octanol–water partition coefficient (Wildman–Crippen LogP) is 14.4. The van der Waals surface area contributed by atoms with E-state index in [1.54, 1.807) is 0 Å². The lowest BCUT2D eigenvalue weighted by Gasteiger charge is -2.51. The molecule has 8 aromatic rings. The van der Waals surface area contributed by atoms with Crippen molar-refractivity contribution in [3.05, 3.63) is 175 Å². The van der Waals surface area contributed by atoms with Gasteiger partial charge in [-0.05, 0) is 141 Å². The smallest absolute Gasteiger partial charge is 0.164 e. The molecule has 0 spiro atoms. The molecule has 0 N–H and O–H groups in total. The van der Waals surface area contributed by atoms with Crippen LogP contribution < -0.4 is 0 Å². The summed E-state index contributed by atoms with van der Waals surface area (Å²) >= 11 is 0. The van der Waals surface area contributed by atoms with Gasteiger partial charge in [-0.3, -0.25) is 0 Å². The van der Waals surface area contributed by atoms with Gasteiger partial charge in [-0.25, -0.2) is 15.0 Å². The van der Waals surface area contributed by atoms with Gasteiger partial charge in [-0.2, -0.15) is 5.26 Å². The van der Waals surface area contributed by atoms with Crippen LogP contribution >= 0.6 is 0 Å². The van der Waals surface area contributed by atoms with Crippen LogP contribution in [0.2, 0.25) is 0 Å². The molecule has 60 heavy (non-hydrogen) atoms. The molecule has 292 valence electrons. The fourth-order valence-corrected chi connectivity index (χ4v) is 10.5. The summed E-state index contributed by atoms with van der Waals surface area (Å²) in [6.45, 7) is 4.84. The monoisotopic (exact) mass is 776 g/mol. The Labute approximate surface area is 353 Å². The Morgan fingerprint density at radius 1 is 0.500 bits per heavy atom. The third-order valence-corrected chi connectivity index (χ3v) is 13.3. The molecule has 1 aromatic heterocycles. The summed E-state index contributed by atoms with van der Waals surface area (Å²) in [5.74, 6) is 4.29. The van der Waals surface area contributed by atoms with Crippen molar-refractivity contribution >= 4 is 10.8 Å². The molecule has 0 radical (unpaired) electrons. The van der Waals surface area contributed by atoms with Crippen LogP contribution in [0.3, 0.4) is 0 Å². The highest BCUT2D eigenvalue weighted by molar-refractivity contribution is 5.89. The Balaban J connectivity index is 1.11. The lowest BCUT2D eigenvalue weighted by molar-refractivity contribution is 0.0702. The molecule has 4 heteroatoms. The fraction of sp³-hybridized carbons (Fsp3) is 0.214. The average Bonchev–Trinajstić information content (AvgIpc) is 3.31. The SMILES string of the molecule is CCC1C[C@@H]2C[C@H](C)CC(c3ccc(-c4nc(-c5ccc(-c6ccccc6)cc5)nc(-c5cc(-c6ccc(C#N)cc6)cc(-c6ccc7ccccc7c6)c5)n4)cc3)(C1)C2. The van der Waals surface area contributed by atoms with Gasteiger partial charge in [0.25, 0.3) is 0 Å². The number of rotatable bonds is 8. The van der Waals surface area contributed by atoms with Crippen molar-refractivity contribution in [2.75, 3.05) is 0 Å². The van der Waals surface area contributed by atoms with E-state index in [-0.39, 0.29) is 5.41 Å². The number of nitrogens with zero attached hydrogens (tertiary/aromatic N) is 4. The molecule has 0 amide bonds. The van der Waals surface area contributed by atoms with Crippen molar-refractivity contribution < 1.29 is 0 Å². The highest BCUT2D eigenvalue weighted by atomic mass is 15.0. The molecule has 4 atom stereocenters. The number of hydrogen-bond acceptors (Lipinski definition) is 4. The molecule has 2 unspecified atom stereocenters. The van der Waals surface area contributed by atoms with E-state index < -0.39 is 0 Å². The van der Waals surface area contributed by atoms with Crippen LogP contribution in [0.5, 0.6) is 0 Å². The van der Waals surface area contributed by atoms with E-state index in [4.69, 9.17) is 15.0 Å². The first-order chi connectivity index (χ1) is 29.4. The van der Waals surface area contributed by atoms with E-state index in [0.29, 0.717) is 23.0 Å². The van der Waals surface area contributed by atoms with Gasteiger partial charge in [0, 0.05) is 16.7 Å². The van der Waals surface area contributed by atoms with Gasteiger partial charge < -0.3 is 0 Å². The predicted molar refractivity (Wildman–Crippen MR) is 246 cm³/mol. The Hall–Kier alpha value is -6.70. The van der Waals surface area contributed by atoms with Gasteiger partial charge >= 0.3 is 0 Å². The van der Waals surface area contributed by atoms with E-state index in [0.717, 1.165) is 62.3 Å². The Morgan fingerprint density at radius 3 is 1.72 bits per heavy atom. The summed E-state index contributed by atoms with van der Waals surface area (Å²) in [6, 6.07) is 60.0. The molecule has 7 aromatic carbocycles. The number of fused-ring (bicyclic) bond motifs is 3. The minimum atomic E-state index is 0.251. The van der Waals surface area contributed by atoms with Crippen molar-refractivity contribution in [3.8, 4) is 73.6 Å². The topological polar surface area (TPSA) is 62.5 Å². The van der Waals surface area contributed by atoms with E-state index in [9.17, 15) is 5.26 Å². The van der Waals surface area contributed by atoms with Gasteiger partial charge in [0.1, 0.15) is 0 Å². The van der Waals surface area contributed by atoms with Crippen molar-refractivity contribution in [2.24, 2.45) is 17.8 Å². The largest absolute Gasteiger partial charge is 0.208 e. The third-order valence-electron chi connectivity index (χ3n) is 13.3. The van der Waals surface area contributed by atoms with Crippen molar-refractivity contribution in [3.63, 3.8) is 0 Å². The molecule has 2 fully saturated rings. The highest BCUT2D eigenvalue weighted by Crippen LogP contribution is 2.55. The van der Waals surface area contributed by atoms with Gasteiger partial charge in [0.05, 0.1) is 11.6 Å². The number of hydrogen-bond donors (Lipinski definition) is 0. The van der Waals surface area contributed by atoms with E-state index in [1.807, 2.05) is 30.3 Å². The lowest BCUT2D eigenvalue weighted by atomic mass is 9.54. The molecule has 1 heterocycles. The van der Waals surface area contributed by atoms with Crippen LogP contribution in [-0.4, -0.2) is 15.0 Å². The zero-order valence-corrected chi connectivity index (χ0v) is 34.4. The van der Waals surface area contributed by atoms with Crippen LogP contribution in [0.1, 0.15) is 63.5 Å². The van der Waals surface area contributed by atoms with Crippen molar-refractivity contribution in [1.82, 2.24) is 15.0 Å². The molecule has 2 bridgehead atoms. The van der Waals surface area contributed by atoms with Crippen LogP contribution in [-0.2, 0) is 5.41 Å². The quantitative estimate of drug-likeness (QED) is 0.154. The van der Waals surface area contributed by atoms with E-state index in [2.05, 4.69) is 153 Å². The molecular formula is C56H48N4. The zero-order chi connectivity index (χ0) is 40.6. The molecule has 2 saturated carbocycles. The summed E-state index contributed by atoms with van der Waals surface area (Å²) in [7, 11) is 0. The second-order valence-corrected chi connectivity index (χ2v) is 17.5. The molecule has 0 aliphatic heterocycles.